The summed E-state index contributed by atoms with van der Waals surface area (Å²) in [4.78, 5) is 18.5. The zero-order valence-corrected chi connectivity index (χ0v) is 8.28. The lowest BCUT2D eigenvalue weighted by Gasteiger charge is -2.27. The van der Waals surface area contributed by atoms with Crippen molar-refractivity contribution in [3.05, 3.63) is 0 Å². The molecule has 80 valence electrons. The van der Waals surface area contributed by atoms with Crippen molar-refractivity contribution in [2.45, 2.75) is 12.8 Å². The molecule has 0 bridgehead atoms. The summed E-state index contributed by atoms with van der Waals surface area (Å²) in [6.07, 6.45) is 1.99. The van der Waals surface area contributed by atoms with Crippen LogP contribution in [0, 0.1) is 0 Å². The van der Waals surface area contributed by atoms with Crippen LogP contribution in [-0.4, -0.2) is 55.4 Å². The Morgan fingerprint density at radius 1 is 1.07 bits per heavy atom. The van der Waals surface area contributed by atoms with Crippen LogP contribution in [0.1, 0.15) is 12.8 Å². The predicted octanol–water partition coefficient (Wildman–Crippen LogP) is 0.466. The van der Waals surface area contributed by atoms with Gasteiger partial charge in [0, 0.05) is 13.1 Å². The molecule has 0 aromatic carbocycles. The minimum Gasteiger partial charge on any atom is -0.379 e. The topological polar surface area (TPSA) is 42.0 Å². The van der Waals surface area contributed by atoms with Gasteiger partial charge in [0.25, 0.3) is 0 Å². The average molecular weight is 200 g/mol. The standard InChI is InChI=1S/C9H16N2O3/c12-9(10-3-1-2-4-10)14-11-5-7-13-8-6-11/h1-8H2. The van der Waals surface area contributed by atoms with E-state index in [1.165, 1.54) is 0 Å². The van der Waals surface area contributed by atoms with E-state index in [2.05, 4.69) is 0 Å². The monoisotopic (exact) mass is 200 g/mol. The van der Waals surface area contributed by atoms with E-state index in [4.69, 9.17) is 9.57 Å². The van der Waals surface area contributed by atoms with Crippen LogP contribution in [0.3, 0.4) is 0 Å². The molecule has 0 N–H and O–H groups in total. The molecule has 2 saturated heterocycles. The summed E-state index contributed by atoms with van der Waals surface area (Å²) in [5, 5.41) is 1.68. The Balaban J connectivity index is 1.75. The zero-order chi connectivity index (χ0) is 9.80. The van der Waals surface area contributed by atoms with Gasteiger partial charge in [-0.15, -0.1) is 5.06 Å². The van der Waals surface area contributed by atoms with Gasteiger partial charge in [0.1, 0.15) is 0 Å². The average Bonchev–Trinajstić information content (AvgIpc) is 2.72. The van der Waals surface area contributed by atoms with E-state index in [1.54, 1.807) is 9.96 Å². The number of morpholine rings is 1. The predicted molar refractivity (Wildman–Crippen MR) is 49.7 cm³/mol. The Morgan fingerprint density at radius 3 is 2.36 bits per heavy atom. The van der Waals surface area contributed by atoms with Crippen LogP contribution in [0.2, 0.25) is 0 Å². The molecule has 0 aliphatic carbocycles. The van der Waals surface area contributed by atoms with Gasteiger partial charge in [-0.25, -0.2) is 4.79 Å². The Morgan fingerprint density at radius 2 is 1.71 bits per heavy atom. The van der Waals surface area contributed by atoms with Crippen molar-refractivity contribution in [1.29, 1.82) is 0 Å². The van der Waals surface area contributed by atoms with Gasteiger partial charge in [-0.05, 0) is 12.8 Å². The highest BCUT2D eigenvalue weighted by atomic mass is 16.7. The SMILES string of the molecule is O=C(ON1CCOCC1)N1CCCC1. The fourth-order valence-corrected chi connectivity index (χ4v) is 1.71. The van der Waals surface area contributed by atoms with Gasteiger partial charge >= 0.3 is 6.09 Å². The highest BCUT2D eigenvalue weighted by molar-refractivity contribution is 5.67. The van der Waals surface area contributed by atoms with Crippen LogP contribution in [0.15, 0.2) is 0 Å². The first-order chi connectivity index (χ1) is 6.86. The second-order valence-corrected chi connectivity index (χ2v) is 3.59. The third kappa shape index (κ3) is 2.36. The molecule has 2 heterocycles. The van der Waals surface area contributed by atoms with Crippen LogP contribution in [-0.2, 0) is 9.57 Å². The summed E-state index contributed by atoms with van der Waals surface area (Å²) in [5.74, 6) is 0. The van der Waals surface area contributed by atoms with Gasteiger partial charge in [-0.1, -0.05) is 0 Å². The molecule has 1 amide bonds. The lowest BCUT2D eigenvalue weighted by molar-refractivity contribution is -0.153. The van der Waals surface area contributed by atoms with Gasteiger partial charge in [0.05, 0.1) is 26.3 Å². The molecule has 2 fully saturated rings. The van der Waals surface area contributed by atoms with E-state index in [-0.39, 0.29) is 6.09 Å². The lowest BCUT2D eigenvalue weighted by Crippen LogP contribution is -2.41. The number of ether oxygens (including phenoxy) is 1. The molecule has 14 heavy (non-hydrogen) atoms. The summed E-state index contributed by atoms with van der Waals surface area (Å²) >= 11 is 0. The summed E-state index contributed by atoms with van der Waals surface area (Å²) in [5.41, 5.74) is 0. The lowest BCUT2D eigenvalue weighted by atomic mass is 10.4. The number of likely N-dealkylation sites (tertiary alicyclic amines) is 1. The maximum absolute atomic E-state index is 11.5. The first kappa shape index (κ1) is 9.73. The molecule has 0 unspecified atom stereocenters. The number of carbonyl (C=O) groups is 1. The third-order valence-electron chi connectivity index (χ3n) is 2.54. The summed E-state index contributed by atoms with van der Waals surface area (Å²) in [7, 11) is 0. The van der Waals surface area contributed by atoms with Crippen molar-refractivity contribution in [3.8, 4) is 0 Å². The third-order valence-corrected chi connectivity index (χ3v) is 2.54. The molecular weight excluding hydrogens is 184 g/mol. The number of hydroxylamine groups is 2. The largest absolute Gasteiger partial charge is 0.428 e. The van der Waals surface area contributed by atoms with Gasteiger partial charge in [-0.2, -0.15) is 0 Å². The minimum atomic E-state index is -0.204. The maximum atomic E-state index is 11.5. The number of amides is 1. The van der Waals surface area contributed by atoms with Crippen molar-refractivity contribution in [3.63, 3.8) is 0 Å². The van der Waals surface area contributed by atoms with Gasteiger partial charge < -0.3 is 14.5 Å². The van der Waals surface area contributed by atoms with Crippen molar-refractivity contribution < 1.29 is 14.4 Å². The van der Waals surface area contributed by atoms with Crippen LogP contribution in [0.5, 0.6) is 0 Å². The smallest absolute Gasteiger partial charge is 0.379 e. The molecule has 0 radical (unpaired) electrons. The summed E-state index contributed by atoms with van der Waals surface area (Å²) in [6.45, 7) is 4.33. The van der Waals surface area contributed by atoms with Crippen LogP contribution >= 0.6 is 0 Å². The quantitative estimate of drug-likeness (QED) is 0.617. The Hall–Kier alpha value is -0.810. The zero-order valence-electron chi connectivity index (χ0n) is 8.28. The molecule has 0 aromatic rings. The number of hydrogen-bond acceptors (Lipinski definition) is 4. The van der Waals surface area contributed by atoms with E-state index in [0.29, 0.717) is 26.3 Å². The van der Waals surface area contributed by atoms with Crippen molar-refractivity contribution in [1.82, 2.24) is 9.96 Å². The minimum absolute atomic E-state index is 0.204. The highest BCUT2D eigenvalue weighted by Crippen LogP contribution is 2.10. The second-order valence-electron chi connectivity index (χ2n) is 3.59. The molecule has 0 spiro atoms. The number of carbonyl (C=O) groups excluding carboxylic acids is 1. The van der Waals surface area contributed by atoms with Crippen LogP contribution in [0.25, 0.3) is 0 Å². The van der Waals surface area contributed by atoms with E-state index >= 15 is 0 Å². The van der Waals surface area contributed by atoms with Crippen LogP contribution < -0.4 is 0 Å². The van der Waals surface area contributed by atoms with Crippen LogP contribution in [0.4, 0.5) is 4.79 Å². The van der Waals surface area contributed by atoms with Crippen molar-refractivity contribution in [2.75, 3.05) is 39.4 Å². The van der Waals surface area contributed by atoms with Gasteiger partial charge in [0.2, 0.25) is 0 Å². The fraction of sp³-hybridized carbons (Fsp3) is 0.889. The maximum Gasteiger partial charge on any atom is 0.428 e. The first-order valence-corrected chi connectivity index (χ1v) is 5.16. The fourth-order valence-electron chi connectivity index (χ4n) is 1.71. The van der Waals surface area contributed by atoms with E-state index < -0.39 is 0 Å². The molecule has 2 aliphatic heterocycles. The van der Waals surface area contributed by atoms with Crippen molar-refractivity contribution in [2.24, 2.45) is 0 Å². The molecule has 2 rings (SSSR count). The summed E-state index contributed by atoms with van der Waals surface area (Å²) in [6, 6.07) is 0. The second kappa shape index (κ2) is 4.61. The Labute approximate surface area is 83.5 Å². The first-order valence-electron chi connectivity index (χ1n) is 5.16. The number of nitrogens with zero attached hydrogens (tertiary/aromatic N) is 2. The number of rotatable bonds is 1. The van der Waals surface area contributed by atoms with E-state index in [0.717, 1.165) is 25.9 Å². The van der Waals surface area contributed by atoms with Crippen molar-refractivity contribution >= 4 is 6.09 Å². The van der Waals surface area contributed by atoms with Gasteiger partial charge in [-0.3, -0.25) is 0 Å². The van der Waals surface area contributed by atoms with E-state index in [1.807, 2.05) is 0 Å². The van der Waals surface area contributed by atoms with E-state index in [9.17, 15) is 4.79 Å². The Bertz CT molecular complexity index is 198. The molecule has 0 atom stereocenters. The molecular formula is C9H16N2O3. The highest BCUT2D eigenvalue weighted by Gasteiger charge is 2.22. The van der Waals surface area contributed by atoms with Gasteiger partial charge in [0.15, 0.2) is 0 Å². The normalized spacial score (nSPS) is 23.9. The number of hydrogen-bond donors (Lipinski definition) is 0. The molecule has 5 heteroatoms. The summed E-state index contributed by atoms with van der Waals surface area (Å²) < 4.78 is 5.16. The Kier molecular flexibility index (Phi) is 3.21. The molecule has 5 nitrogen and oxygen atoms in total. The molecule has 2 aliphatic rings. The molecule has 0 saturated carbocycles. The molecule has 0 aromatic heterocycles.